The predicted molar refractivity (Wildman–Crippen MR) is 101 cm³/mol. The molecule has 1 N–H and O–H groups in total. The maximum Gasteiger partial charge on any atom is 0.351 e. The lowest BCUT2D eigenvalue weighted by atomic mass is 10.1. The number of sulfonamides is 1. The number of ketones is 1. The van der Waals surface area contributed by atoms with Gasteiger partial charge < -0.3 is 14.2 Å². The average molecular weight is 405 g/mol. The fraction of sp³-hybridized carbons (Fsp3) is 0.263. The number of para-hydroxylation sites is 2. The van der Waals surface area contributed by atoms with E-state index in [0.717, 1.165) is 6.26 Å². The smallest absolute Gasteiger partial charge is 0.351 e. The lowest BCUT2D eigenvalue weighted by Crippen LogP contribution is -2.40. The van der Waals surface area contributed by atoms with Crippen molar-refractivity contribution in [1.82, 2.24) is 0 Å². The second kappa shape index (κ2) is 7.89. The SMILES string of the molecule is CC(OC(=O)C1COc2ccccc2O1)C(=O)c1ccc(NS(C)(=O)=O)cc1. The minimum Gasteiger partial charge on any atom is -0.485 e. The second-order valence-electron chi connectivity index (χ2n) is 6.26. The zero-order valence-electron chi connectivity index (χ0n) is 15.2. The first kappa shape index (κ1) is 19.7. The van der Waals surface area contributed by atoms with Crippen LogP contribution in [0.15, 0.2) is 48.5 Å². The Balaban J connectivity index is 1.60. The molecule has 0 bridgehead atoms. The average Bonchev–Trinajstić information content (AvgIpc) is 2.66. The Morgan fingerprint density at radius 3 is 2.39 bits per heavy atom. The minimum atomic E-state index is -3.41. The summed E-state index contributed by atoms with van der Waals surface area (Å²) in [4.78, 5) is 24.8. The van der Waals surface area contributed by atoms with Crippen molar-refractivity contribution in [3.8, 4) is 11.5 Å². The number of fused-ring (bicyclic) bond motifs is 1. The molecule has 9 heteroatoms. The Morgan fingerprint density at radius 2 is 1.75 bits per heavy atom. The van der Waals surface area contributed by atoms with Gasteiger partial charge in [-0.1, -0.05) is 12.1 Å². The first-order valence-electron chi connectivity index (χ1n) is 8.44. The number of rotatable bonds is 6. The van der Waals surface area contributed by atoms with Gasteiger partial charge >= 0.3 is 5.97 Å². The summed E-state index contributed by atoms with van der Waals surface area (Å²) in [5, 5.41) is 0. The molecule has 3 rings (SSSR count). The molecule has 8 nitrogen and oxygen atoms in total. The molecule has 148 valence electrons. The summed E-state index contributed by atoms with van der Waals surface area (Å²) < 4.78 is 41.0. The summed E-state index contributed by atoms with van der Waals surface area (Å²) >= 11 is 0. The number of nitrogens with one attached hydrogen (secondary N) is 1. The van der Waals surface area contributed by atoms with Gasteiger partial charge in [-0.2, -0.15) is 0 Å². The molecule has 1 heterocycles. The third-order valence-corrected chi connectivity index (χ3v) is 4.51. The van der Waals surface area contributed by atoms with Gasteiger partial charge in [0, 0.05) is 11.3 Å². The number of ether oxygens (including phenoxy) is 3. The van der Waals surface area contributed by atoms with Crippen LogP contribution < -0.4 is 14.2 Å². The van der Waals surface area contributed by atoms with Crippen molar-refractivity contribution in [2.45, 2.75) is 19.1 Å². The van der Waals surface area contributed by atoms with Crippen molar-refractivity contribution in [3.63, 3.8) is 0 Å². The van der Waals surface area contributed by atoms with E-state index < -0.39 is 34.0 Å². The van der Waals surface area contributed by atoms with Gasteiger partial charge in [-0.15, -0.1) is 0 Å². The number of Topliss-reactive ketones (excluding diaryl/α,β-unsaturated/α-hetero) is 1. The molecule has 0 fully saturated rings. The van der Waals surface area contributed by atoms with Gasteiger partial charge in [0.1, 0.15) is 6.61 Å². The van der Waals surface area contributed by atoms with Crippen LogP contribution in [-0.2, 0) is 19.6 Å². The molecule has 0 saturated heterocycles. The van der Waals surface area contributed by atoms with Crippen LogP contribution in [-0.4, -0.2) is 45.2 Å². The molecule has 2 aromatic rings. The third kappa shape index (κ3) is 4.80. The predicted octanol–water partition coefficient (Wildman–Crippen LogP) is 2.01. The third-order valence-electron chi connectivity index (χ3n) is 3.91. The van der Waals surface area contributed by atoms with Gasteiger partial charge in [0.15, 0.2) is 17.6 Å². The van der Waals surface area contributed by atoms with Crippen molar-refractivity contribution in [2.75, 3.05) is 17.6 Å². The van der Waals surface area contributed by atoms with Crippen molar-refractivity contribution < 1.29 is 32.2 Å². The summed E-state index contributed by atoms with van der Waals surface area (Å²) in [6.07, 6.45) is -0.975. The maximum atomic E-state index is 12.5. The number of hydrogen-bond acceptors (Lipinski definition) is 7. The normalized spacial score (nSPS) is 16.7. The number of benzene rings is 2. The Bertz CT molecular complexity index is 986. The summed E-state index contributed by atoms with van der Waals surface area (Å²) in [5.74, 6) is -0.149. The molecule has 2 unspecified atom stereocenters. The van der Waals surface area contributed by atoms with Crippen molar-refractivity contribution >= 4 is 27.5 Å². The van der Waals surface area contributed by atoms with E-state index in [-0.39, 0.29) is 12.2 Å². The van der Waals surface area contributed by atoms with E-state index in [2.05, 4.69) is 4.72 Å². The largest absolute Gasteiger partial charge is 0.485 e. The number of carbonyl (C=O) groups excluding carboxylic acids is 2. The molecule has 0 radical (unpaired) electrons. The van der Waals surface area contributed by atoms with Crippen LogP contribution in [0.2, 0.25) is 0 Å². The first-order chi connectivity index (χ1) is 13.2. The standard InChI is InChI=1S/C19H19NO7S/c1-12(18(21)13-7-9-14(10-8-13)20-28(2,23)24)26-19(22)17-11-25-15-5-3-4-6-16(15)27-17/h3-10,12,17,20H,11H2,1-2H3. The highest BCUT2D eigenvalue weighted by Gasteiger charge is 2.31. The zero-order chi connectivity index (χ0) is 20.3. The summed E-state index contributed by atoms with van der Waals surface area (Å²) in [7, 11) is -3.41. The molecular weight excluding hydrogens is 386 g/mol. The highest BCUT2D eigenvalue weighted by atomic mass is 32.2. The topological polar surface area (TPSA) is 108 Å². The number of hydrogen-bond donors (Lipinski definition) is 1. The van der Waals surface area contributed by atoms with Crippen LogP contribution in [0, 0.1) is 0 Å². The molecule has 1 aliphatic heterocycles. The monoisotopic (exact) mass is 405 g/mol. The Morgan fingerprint density at radius 1 is 1.11 bits per heavy atom. The van der Waals surface area contributed by atoms with Crippen LogP contribution in [0.25, 0.3) is 0 Å². The summed E-state index contributed by atoms with van der Waals surface area (Å²) in [6.45, 7) is 1.45. The molecule has 28 heavy (non-hydrogen) atoms. The fourth-order valence-corrected chi connectivity index (χ4v) is 3.15. The van der Waals surface area contributed by atoms with E-state index in [1.54, 1.807) is 24.3 Å². The van der Waals surface area contributed by atoms with Gasteiger partial charge in [-0.05, 0) is 43.3 Å². The van der Waals surface area contributed by atoms with Crippen LogP contribution in [0.4, 0.5) is 5.69 Å². The van der Waals surface area contributed by atoms with Crippen molar-refractivity contribution in [3.05, 3.63) is 54.1 Å². The lowest BCUT2D eigenvalue weighted by Gasteiger charge is -2.25. The number of anilines is 1. The molecule has 0 aliphatic carbocycles. The molecule has 1 aliphatic rings. The van der Waals surface area contributed by atoms with Crippen LogP contribution in [0.3, 0.4) is 0 Å². The fourth-order valence-electron chi connectivity index (χ4n) is 2.59. The van der Waals surface area contributed by atoms with Crippen LogP contribution >= 0.6 is 0 Å². The van der Waals surface area contributed by atoms with E-state index in [1.165, 1.54) is 31.2 Å². The Kier molecular flexibility index (Phi) is 5.55. The van der Waals surface area contributed by atoms with Crippen molar-refractivity contribution in [1.29, 1.82) is 0 Å². The Labute approximate surface area is 162 Å². The van der Waals surface area contributed by atoms with Gasteiger partial charge in [0.2, 0.25) is 21.9 Å². The minimum absolute atomic E-state index is 0.0113. The van der Waals surface area contributed by atoms with Crippen molar-refractivity contribution in [2.24, 2.45) is 0 Å². The molecule has 0 aromatic heterocycles. The van der Waals surface area contributed by atoms with Gasteiger partial charge in [0.05, 0.1) is 6.26 Å². The first-order valence-corrected chi connectivity index (χ1v) is 10.3. The van der Waals surface area contributed by atoms with Gasteiger partial charge in [-0.25, -0.2) is 13.2 Å². The van der Waals surface area contributed by atoms with Gasteiger partial charge in [0.25, 0.3) is 0 Å². The van der Waals surface area contributed by atoms with Crippen LogP contribution in [0.5, 0.6) is 11.5 Å². The molecule has 0 amide bonds. The molecule has 0 spiro atoms. The highest BCUT2D eigenvalue weighted by molar-refractivity contribution is 7.92. The summed E-state index contributed by atoms with van der Waals surface area (Å²) in [6, 6.07) is 12.8. The van der Waals surface area contributed by atoms with E-state index >= 15 is 0 Å². The van der Waals surface area contributed by atoms with Crippen LogP contribution in [0.1, 0.15) is 17.3 Å². The molecular formula is C19H19NO7S. The molecule has 2 atom stereocenters. The Hall–Kier alpha value is -3.07. The van der Waals surface area contributed by atoms with E-state index in [4.69, 9.17) is 14.2 Å². The molecule has 0 saturated carbocycles. The highest BCUT2D eigenvalue weighted by Crippen LogP contribution is 2.31. The van der Waals surface area contributed by atoms with E-state index in [1.807, 2.05) is 0 Å². The molecule has 2 aromatic carbocycles. The summed E-state index contributed by atoms with van der Waals surface area (Å²) in [5.41, 5.74) is 0.612. The quantitative estimate of drug-likeness (QED) is 0.578. The maximum absolute atomic E-state index is 12.5. The lowest BCUT2D eigenvalue weighted by molar-refractivity contribution is -0.157. The van der Waals surface area contributed by atoms with E-state index in [9.17, 15) is 18.0 Å². The number of esters is 1. The second-order valence-corrected chi connectivity index (χ2v) is 8.01. The van der Waals surface area contributed by atoms with Gasteiger partial charge in [-0.3, -0.25) is 9.52 Å². The number of carbonyl (C=O) groups is 2. The zero-order valence-corrected chi connectivity index (χ0v) is 16.1. The van der Waals surface area contributed by atoms with E-state index in [0.29, 0.717) is 17.2 Å².